The Morgan fingerprint density at radius 2 is 1.72 bits per heavy atom. The van der Waals surface area contributed by atoms with Gasteiger partial charge < -0.3 is 15.2 Å². The highest BCUT2D eigenvalue weighted by molar-refractivity contribution is 9.10. The number of ether oxygens (including phenoxy) is 1. The van der Waals surface area contributed by atoms with Crippen LogP contribution in [-0.4, -0.2) is 16.6 Å². The molecule has 0 heterocycles. The van der Waals surface area contributed by atoms with Crippen LogP contribution >= 0.6 is 27.5 Å². The third-order valence-corrected chi connectivity index (χ3v) is 5.17. The first-order valence-electron chi connectivity index (χ1n) is 9.05. The van der Waals surface area contributed by atoms with Gasteiger partial charge in [0.05, 0.1) is 0 Å². The Labute approximate surface area is 183 Å². The number of carbonyl (C=O) groups is 1. The molecule has 0 aliphatic rings. The number of benzene rings is 3. The van der Waals surface area contributed by atoms with Crippen LogP contribution in [0.4, 0.5) is 5.69 Å². The van der Waals surface area contributed by atoms with E-state index in [1.165, 1.54) is 0 Å². The number of aliphatic hydroxyl groups excluding tert-OH is 1. The van der Waals surface area contributed by atoms with Gasteiger partial charge >= 0.3 is 0 Å². The number of carbonyl (C=O) groups excluding carboxylic acids is 1. The van der Waals surface area contributed by atoms with Crippen LogP contribution in [0.5, 0.6) is 5.75 Å². The van der Waals surface area contributed by atoms with Crippen molar-refractivity contribution in [1.29, 1.82) is 0 Å². The third-order valence-electron chi connectivity index (χ3n) is 4.41. The fourth-order valence-corrected chi connectivity index (χ4v) is 3.25. The molecule has 0 spiro atoms. The second-order valence-electron chi connectivity index (χ2n) is 7.07. The van der Waals surface area contributed by atoms with Crippen LogP contribution in [0.2, 0.25) is 5.02 Å². The van der Waals surface area contributed by atoms with Crippen molar-refractivity contribution >= 4 is 39.1 Å². The number of anilines is 1. The molecule has 0 bridgehead atoms. The number of rotatable bonds is 6. The van der Waals surface area contributed by atoms with Crippen molar-refractivity contribution < 1.29 is 14.6 Å². The zero-order chi connectivity index (χ0) is 21.0. The number of amides is 1. The SMILES string of the molecule is CC(C)(Oc1ccc(Br)cc1)C(=O)Nc1ccc(Cl)cc1C(O)c1ccccc1. The van der Waals surface area contributed by atoms with Gasteiger partial charge in [0.1, 0.15) is 11.9 Å². The molecular formula is C23H21BrClNO3. The van der Waals surface area contributed by atoms with Gasteiger partial charge in [-0.3, -0.25) is 4.79 Å². The molecule has 0 fully saturated rings. The third kappa shape index (κ3) is 5.38. The highest BCUT2D eigenvalue weighted by Gasteiger charge is 2.31. The summed E-state index contributed by atoms with van der Waals surface area (Å²) in [5.41, 5.74) is 0.554. The molecule has 1 amide bonds. The summed E-state index contributed by atoms with van der Waals surface area (Å²) < 4.78 is 6.80. The maximum absolute atomic E-state index is 12.9. The Balaban J connectivity index is 1.83. The number of hydrogen-bond acceptors (Lipinski definition) is 3. The van der Waals surface area contributed by atoms with E-state index >= 15 is 0 Å². The van der Waals surface area contributed by atoms with Crippen LogP contribution < -0.4 is 10.1 Å². The van der Waals surface area contributed by atoms with E-state index in [-0.39, 0.29) is 5.91 Å². The summed E-state index contributed by atoms with van der Waals surface area (Å²) >= 11 is 9.52. The van der Waals surface area contributed by atoms with Crippen LogP contribution in [-0.2, 0) is 4.79 Å². The first-order chi connectivity index (χ1) is 13.8. The maximum Gasteiger partial charge on any atom is 0.267 e. The minimum absolute atomic E-state index is 0.343. The highest BCUT2D eigenvalue weighted by Crippen LogP contribution is 2.32. The van der Waals surface area contributed by atoms with Crippen molar-refractivity contribution in [2.45, 2.75) is 25.6 Å². The van der Waals surface area contributed by atoms with E-state index in [4.69, 9.17) is 16.3 Å². The van der Waals surface area contributed by atoms with E-state index in [2.05, 4.69) is 21.2 Å². The van der Waals surface area contributed by atoms with Crippen LogP contribution in [0.3, 0.4) is 0 Å². The Kier molecular flexibility index (Phi) is 6.63. The van der Waals surface area contributed by atoms with Crippen molar-refractivity contribution in [1.82, 2.24) is 0 Å². The summed E-state index contributed by atoms with van der Waals surface area (Å²) in [5.74, 6) is 0.234. The minimum atomic E-state index is -1.14. The fraction of sp³-hybridized carbons (Fsp3) is 0.174. The van der Waals surface area contributed by atoms with Crippen molar-refractivity contribution in [3.63, 3.8) is 0 Å². The van der Waals surface area contributed by atoms with Gasteiger partial charge in [-0.15, -0.1) is 0 Å². The number of hydrogen-bond donors (Lipinski definition) is 2. The predicted molar refractivity (Wildman–Crippen MR) is 119 cm³/mol. The van der Waals surface area contributed by atoms with Crippen LogP contribution in [0.25, 0.3) is 0 Å². The molecule has 2 N–H and O–H groups in total. The summed E-state index contributed by atoms with van der Waals surface area (Å²) in [5, 5.41) is 14.2. The first kappa shape index (κ1) is 21.4. The van der Waals surface area contributed by atoms with Crippen molar-refractivity contribution in [3.8, 4) is 5.75 Å². The second kappa shape index (κ2) is 8.99. The Morgan fingerprint density at radius 3 is 2.38 bits per heavy atom. The zero-order valence-corrected chi connectivity index (χ0v) is 18.4. The van der Waals surface area contributed by atoms with Gasteiger partial charge in [-0.1, -0.05) is 57.9 Å². The molecule has 1 atom stereocenters. The maximum atomic E-state index is 12.9. The van der Waals surface area contributed by atoms with Gasteiger partial charge in [0.25, 0.3) is 5.91 Å². The molecule has 0 aromatic heterocycles. The number of aliphatic hydroxyl groups is 1. The van der Waals surface area contributed by atoms with Crippen LogP contribution in [0.1, 0.15) is 31.1 Å². The molecule has 3 rings (SSSR count). The Hall–Kier alpha value is -2.34. The predicted octanol–water partition coefficient (Wildman–Crippen LogP) is 5.98. The van der Waals surface area contributed by atoms with Crippen LogP contribution in [0, 0.1) is 0 Å². The van der Waals surface area contributed by atoms with E-state index < -0.39 is 11.7 Å². The van der Waals surface area contributed by atoms with Gasteiger partial charge in [-0.2, -0.15) is 0 Å². The lowest BCUT2D eigenvalue weighted by molar-refractivity contribution is -0.128. The average Bonchev–Trinajstić information content (AvgIpc) is 2.71. The van der Waals surface area contributed by atoms with E-state index in [1.807, 2.05) is 42.5 Å². The molecule has 1 unspecified atom stereocenters. The summed E-state index contributed by atoms with van der Waals surface area (Å²) in [6.45, 7) is 3.38. The van der Waals surface area contributed by atoms with E-state index in [9.17, 15) is 9.90 Å². The molecule has 3 aromatic carbocycles. The zero-order valence-electron chi connectivity index (χ0n) is 16.0. The molecule has 0 saturated heterocycles. The highest BCUT2D eigenvalue weighted by atomic mass is 79.9. The average molecular weight is 475 g/mol. The van der Waals surface area contributed by atoms with Gasteiger partial charge in [-0.05, 0) is 61.9 Å². The van der Waals surface area contributed by atoms with Crippen molar-refractivity contribution in [2.24, 2.45) is 0 Å². The summed E-state index contributed by atoms with van der Waals surface area (Å²) in [6, 6.07) is 21.4. The molecular weight excluding hydrogens is 454 g/mol. The molecule has 0 saturated carbocycles. The molecule has 4 nitrogen and oxygen atoms in total. The summed E-state index contributed by atoms with van der Waals surface area (Å²) in [4.78, 5) is 12.9. The topological polar surface area (TPSA) is 58.6 Å². The smallest absolute Gasteiger partial charge is 0.267 e. The Bertz CT molecular complexity index is 991. The molecule has 0 aliphatic carbocycles. The lowest BCUT2D eigenvalue weighted by atomic mass is 9.99. The minimum Gasteiger partial charge on any atom is -0.478 e. The van der Waals surface area contributed by atoms with E-state index in [0.717, 1.165) is 4.47 Å². The quantitative estimate of drug-likeness (QED) is 0.462. The monoisotopic (exact) mass is 473 g/mol. The molecule has 3 aromatic rings. The lowest BCUT2D eigenvalue weighted by Gasteiger charge is -2.26. The molecule has 0 radical (unpaired) electrons. The lowest BCUT2D eigenvalue weighted by Crippen LogP contribution is -2.42. The number of nitrogens with one attached hydrogen (secondary N) is 1. The van der Waals surface area contributed by atoms with Gasteiger partial charge in [0, 0.05) is 20.7 Å². The van der Waals surface area contributed by atoms with Crippen LogP contribution in [0.15, 0.2) is 77.3 Å². The number of halogens is 2. The molecule has 150 valence electrons. The van der Waals surface area contributed by atoms with E-state index in [0.29, 0.717) is 27.6 Å². The molecule has 0 aliphatic heterocycles. The fourth-order valence-electron chi connectivity index (χ4n) is 2.80. The van der Waals surface area contributed by atoms with Crippen molar-refractivity contribution in [3.05, 3.63) is 93.4 Å². The Morgan fingerprint density at radius 1 is 1.07 bits per heavy atom. The van der Waals surface area contributed by atoms with Crippen molar-refractivity contribution in [2.75, 3.05) is 5.32 Å². The summed E-state index contributed by atoms with van der Waals surface area (Å²) in [7, 11) is 0. The standard InChI is InChI=1S/C23H21BrClNO3/c1-23(2,29-18-11-8-16(24)9-12-18)22(28)26-20-13-10-17(25)14-19(20)21(27)15-6-4-3-5-7-15/h3-14,21,27H,1-2H3,(H,26,28). The second-order valence-corrected chi connectivity index (χ2v) is 8.42. The van der Waals surface area contributed by atoms with Gasteiger partial charge in [0.15, 0.2) is 5.60 Å². The largest absolute Gasteiger partial charge is 0.478 e. The van der Waals surface area contributed by atoms with Gasteiger partial charge in [0.2, 0.25) is 0 Å². The first-order valence-corrected chi connectivity index (χ1v) is 10.2. The summed E-state index contributed by atoms with van der Waals surface area (Å²) in [6.07, 6.45) is -0.930. The molecule has 6 heteroatoms. The van der Waals surface area contributed by atoms with E-state index in [1.54, 1.807) is 44.2 Å². The molecule has 29 heavy (non-hydrogen) atoms. The van der Waals surface area contributed by atoms with Gasteiger partial charge in [-0.25, -0.2) is 0 Å². The normalized spacial score (nSPS) is 12.3.